The van der Waals surface area contributed by atoms with Gasteiger partial charge in [0.2, 0.25) is 11.8 Å². The maximum atomic E-state index is 14.5. The summed E-state index contributed by atoms with van der Waals surface area (Å²) in [5, 5.41) is 5.60. The Kier molecular flexibility index (Phi) is 14.6. The van der Waals surface area contributed by atoms with Crippen molar-refractivity contribution in [1.82, 2.24) is 15.5 Å². The molecule has 0 saturated heterocycles. The fraction of sp³-hybridized carbons (Fsp3) is 0.556. The summed E-state index contributed by atoms with van der Waals surface area (Å²) in [5.74, 6) is -1.60. The number of nitrogens with one attached hydrogen (secondary N) is 2. The van der Waals surface area contributed by atoms with Gasteiger partial charge in [-0.25, -0.2) is 9.59 Å². The van der Waals surface area contributed by atoms with Crippen LogP contribution >= 0.6 is 12.6 Å². The predicted octanol–water partition coefficient (Wildman–Crippen LogP) is 6.26. The molecule has 0 aromatic heterocycles. The van der Waals surface area contributed by atoms with Crippen LogP contribution in [0.4, 0.5) is 4.79 Å². The van der Waals surface area contributed by atoms with E-state index in [1.807, 2.05) is 62.4 Å². The van der Waals surface area contributed by atoms with Gasteiger partial charge in [0.15, 0.2) is 0 Å². The molecule has 0 aliphatic carbocycles. The summed E-state index contributed by atoms with van der Waals surface area (Å²) in [4.78, 5) is 56.6. The zero-order valence-corrected chi connectivity index (χ0v) is 29.8. The number of thiol groups is 1. The number of benzene rings is 2. The van der Waals surface area contributed by atoms with Crippen molar-refractivity contribution >= 4 is 36.5 Å². The van der Waals surface area contributed by atoms with Gasteiger partial charge in [-0.1, -0.05) is 68.3 Å². The van der Waals surface area contributed by atoms with Crippen LogP contribution in [0.3, 0.4) is 0 Å². The van der Waals surface area contributed by atoms with Crippen molar-refractivity contribution in [3.05, 3.63) is 70.8 Å². The molecule has 254 valence electrons. The van der Waals surface area contributed by atoms with Crippen LogP contribution in [0.15, 0.2) is 48.5 Å². The number of esters is 1. The van der Waals surface area contributed by atoms with Crippen molar-refractivity contribution in [2.24, 2.45) is 0 Å². The highest BCUT2D eigenvalue weighted by atomic mass is 32.1. The molecule has 0 aliphatic rings. The molecule has 0 aliphatic heterocycles. The maximum absolute atomic E-state index is 14.5. The molecule has 3 atom stereocenters. The minimum Gasteiger partial charge on any atom is -0.458 e. The number of nitrogens with zero attached hydrogens (tertiary/aromatic N) is 1. The second-order valence-corrected chi connectivity index (χ2v) is 14.0. The Labute approximate surface area is 280 Å². The van der Waals surface area contributed by atoms with Crippen LogP contribution in [0.1, 0.15) is 96.0 Å². The minimum atomic E-state index is -1.10. The Morgan fingerprint density at radius 3 is 2.02 bits per heavy atom. The fourth-order valence-electron chi connectivity index (χ4n) is 4.92. The van der Waals surface area contributed by atoms with E-state index in [0.29, 0.717) is 12.0 Å². The first kappa shape index (κ1) is 38.7. The first-order chi connectivity index (χ1) is 21.5. The molecule has 46 heavy (non-hydrogen) atoms. The van der Waals surface area contributed by atoms with Gasteiger partial charge in [-0.05, 0) is 84.1 Å². The number of unbranched alkanes of at least 4 members (excludes halogenated alkanes) is 2. The Hall–Kier alpha value is -3.53. The number of aryl methyl sites for hydroxylation is 1. The molecule has 9 nitrogen and oxygen atoms in total. The van der Waals surface area contributed by atoms with Gasteiger partial charge in [0.25, 0.3) is 0 Å². The summed E-state index contributed by atoms with van der Waals surface area (Å²) < 4.78 is 11.1. The van der Waals surface area contributed by atoms with E-state index in [-0.39, 0.29) is 18.7 Å². The Morgan fingerprint density at radius 1 is 0.826 bits per heavy atom. The van der Waals surface area contributed by atoms with Gasteiger partial charge in [-0.15, -0.1) is 0 Å². The number of ether oxygens (including phenoxy) is 2. The lowest BCUT2D eigenvalue weighted by atomic mass is 9.94. The van der Waals surface area contributed by atoms with Gasteiger partial charge in [0.05, 0.1) is 0 Å². The summed E-state index contributed by atoms with van der Waals surface area (Å²) in [6.07, 6.45) is 1.79. The molecule has 0 radical (unpaired) electrons. The molecule has 3 amide bonds. The van der Waals surface area contributed by atoms with E-state index in [0.717, 1.165) is 29.5 Å². The van der Waals surface area contributed by atoms with Crippen LogP contribution in [0, 0.1) is 13.8 Å². The number of carbonyl (C=O) groups is 4. The zero-order valence-electron chi connectivity index (χ0n) is 28.9. The van der Waals surface area contributed by atoms with Crippen molar-refractivity contribution in [1.29, 1.82) is 0 Å². The summed E-state index contributed by atoms with van der Waals surface area (Å²) in [7, 11) is 0. The number of hydrogen-bond donors (Lipinski definition) is 3. The van der Waals surface area contributed by atoms with Crippen LogP contribution in [0.2, 0.25) is 0 Å². The molecule has 0 fully saturated rings. The lowest BCUT2D eigenvalue weighted by Crippen LogP contribution is -2.55. The molecule has 0 bridgehead atoms. The number of carbonyl (C=O) groups excluding carboxylic acids is 4. The first-order valence-electron chi connectivity index (χ1n) is 16.0. The molecular weight excluding hydrogens is 602 g/mol. The normalized spacial score (nSPS) is 13.6. The molecule has 10 heteroatoms. The summed E-state index contributed by atoms with van der Waals surface area (Å²) in [6.45, 7) is 16.7. The number of amides is 3. The van der Waals surface area contributed by atoms with Crippen molar-refractivity contribution in [2.45, 2.75) is 117 Å². The molecule has 0 saturated carbocycles. The number of rotatable bonds is 14. The first-order valence-corrected chi connectivity index (χ1v) is 16.6. The lowest BCUT2D eigenvalue weighted by Gasteiger charge is -2.36. The average Bonchev–Trinajstić information content (AvgIpc) is 2.95. The van der Waals surface area contributed by atoms with E-state index in [9.17, 15) is 19.2 Å². The molecule has 2 aromatic rings. The largest absolute Gasteiger partial charge is 0.458 e. The second-order valence-electron chi connectivity index (χ2n) is 13.6. The molecule has 2 aromatic carbocycles. The predicted molar refractivity (Wildman–Crippen MR) is 185 cm³/mol. The molecule has 2 rings (SSSR count). The van der Waals surface area contributed by atoms with Gasteiger partial charge in [-0.3, -0.25) is 9.59 Å². The van der Waals surface area contributed by atoms with Crippen molar-refractivity contribution in [2.75, 3.05) is 12.3 Å². The quantitative estimate of drug-likeness (QED) is 0.126. The van der Waals surface area contributed by atoms with Crippen LogP contribution in [0.25, 0.3) is 0 Å². The van der Waals surface area contributed by atoms with Crippen LogP contribution < -0.4 is 10.6 Å². The fourth-order valence-corrected chi connectivity index (χ4v) is 5.17. The van der Waals surface area contributed by atoms with Crippen molar-refractivity contribution in [3.8, 4) is 0 Å². The van der Waals surface area contributed by atoms with Crippen LogP contribution in [-0.2, 0) is 30.3 Å². The third-order valence-electron chi connectivity index (χ3n) is 7.25. The van der Waals surface area contributed by atoms with E-state index in [1.54, 1.807) is 41.5 Å². The van der Waals surface area contributed by atoms with Gasteiger partial charge in [0.1, 0.15) is 29.3 Å². The highest BCUT2D eigenvalue weighted by molar-refractivity contribution is 7.80. The van der Waals surface area contributed by atoms with E-state index in [4.69, 9.17) is 9.47 Å². The molecule has 0 spiro atoms. The lowest BCUT2D eigenvalue weighted by molar-refractivity contribution is -0.159. The number of alkyl carbamates (subject to hydrolysis) is 1. The topological polar surface area (TPSA) is 114 Å². The van der Waals surface area contributed by atoms with E-state index >= 15 is 0 Å². The zero-order chi connectivity index (χ0) is 34.7. The Balaban J connectivity index is 2.62. The van der Waals surface area contributed by atoms with Gasteiger partial charge < -0.3 is 25.0 Å². The molecular formula is C36H53N3O6S. The standard InChI is InChI=1S/C36H53N3O6S/c1-10-11-15-21-39(32(41)29(23-46)38-34(43)45-36(7,8)9)30(27-20-16-17-24(2)25(27)3)31(40)37-28(33(42)44-35(4,5)6)22-26-18-13-12-14-19-26/h12-14,16-20,28-30,46H,10-11,15,21-23H2,1-9H3,(H,37,40)(H,38,43). The van der Waals surface area contributed by atoms with E-state index in [2.05, 4.69) is 30.2 Å². The smallest absolute Gasteiger partial charge is 0.408 e. The van der Waals surface area contributed by atoms with Crippen LogP contribution in [0.5, 0.6) is 0 Å². The van der Waals surface area contributed by atoms with E-state index in [1.165, 1.54) is 4.90 Å². The minimum absolute atomic E-state index is 0.0158. The average molecular weight is 656 g/mol. The highest BCUT2D eigenvalue weighted by Crippen LogP contribution is 2.28. The van der Waals surface area contributed by atoms with Crippen LogP contribution in [-0.4, -0.2) is 64.4 Å². The maximum Gasteiger partial charge on any atom is 0.408 e. The number of hydrogen-bond acceptors (Lipinski definition) is 7. The summed E-state index contributed by atoms with van der Waals surface area (Å²) >= 11 is 4.39. The Morgan fingerprint density at radius 2 is 1.46 bits per heavy atom. The van der Waals surface area contributed by atoms with Gasteiger partial charge >= 0.3 is 12.1 Å². The molecule has 2 N–H and O–H groups in total. The van der Waals surface area contributed by atoms with Gasteiger partial charge in [-0.2, -0.15) is 12.6 Å². The highest BCUT2D eigenvalue weighted by Gasteiger charge is 2.38. The van der Waals surface area contributed by atoms with E-state index < -0.39 is 53.2 Å². The molecule has 0 heterocycles. The van der Waals surface area contributed by atoms with Crippen molar-refractivity contribution in [3.63, 3.8) is 0 Å². The third-order valence-corrected chi connectivity index (χ3v) is 7.61. The SMILES string of the molecule is CCCCCN(C(=O)C(CS)NC(=O)OC(C)(C)C)C(C(=O)NC(Cc1ccccc1)C(=O)OC(C)(C)C)c1cccc(C)c1C. The second kappa shape index (κ2) is 17.4. The summed E-state index contributed by atoms with van der Waals surface area (Å²) in [6, 6.07) is 11.8. The van der Waals surface area contributed by atoms with Crippen molar-refractivity contribution < 1.29 is 28.7 Å². The monoisotopic (exact) mass is 655 g/mol. The third kappa shape index (κ3) is 12.3. The summed E-state index contributed by atoms with van der Waals surface area (Å²) in [5.41, 5.74) is 1.70. The Bertz CT molecular complexity index is 1320. The molecule has 3 unspecified atom stereocenters. The van der Waals surface area contributed by atoms with Gasteiger partial charge in [0, 0.05) is 18.7 Å².